The lowest BCUT2D eigenvalue weighted by Crippen LogP contribution is -2.40. The van der Waals surface area contributed by atoms with E-state index in [2.05, 4.69) is 17.6 Å². The number of nitrogens with one attached hydrogen (secondary N) is 2. The zero-order chi connectivity index (χ0) is 14.9. The molecule has 0 bridgehead atoms. The van der Waals surface area contributed by atoms with E-state index in [1.165, 1.54) is 44.9 Å². The van der Waals surface area contributed by atoms with Crippen LogP contribution >= 0.6 is 0 Å². The molecule has 2 aliphatic rings. The van der Waals surface area contributed by atoms with Gasteiger partial charge in [0.2, 0.25) is 5.91 Å². The van der Waals surface area contributed by atoms with Gasteiger partial charge in [-0.3, -0.25) is 4.79 Å². The Kier molecular flexibility index (Phi) is 7.56. The summed E-state index contributed by atoms with van der Waals surface area (Å²) in [6, 6.07) is 0. The summed E-state index contributed by atoms with van der Waals surface area (Å²) in [6.07, 6.45) is 12.7. The summed E-state index contributed by atoms with van der Waals surface area (Å²) < 4.78 is 0. The maximum atomic E-state index is 12.5. The van der Waals surface area contributed by atoms with Crippen molar-refractivity contribution in [2.75, 3.05) is 19.6 Å². The molecule has 3 nitrogen and oxygen atoms in total. The summed E-state index contributed by atoms with van der Waals surface area (Å²) in [4.78, 5) is 12.5. The van der Waals surface area contributed by atoms with Crippen LogP contribution in [-0.4, -0.2) is 25.5 Å². The van der Waals surface area contributed by atoms with E-state index in [4.69, 9.17) is 0 Å². The molecule has 2 fully saturated rings. The maximum absolute atomic E-state index is 12.5. The van der Waals surface area contributed by atoms with Crippen molar-refractivity contribution in [3.63, 3.8) is 0 Å². The molecule has 1 aliphatic heterocycles. The first-order valence-electron chi connectivity index (χ1n) is 9.28. The van der Waals surface area contributed by atoms with E-state index < -0.39 is 0 Å². The zero-order valence-corrected chi connectivity index (χ0v) is 13.8. The molecule has 2 unspecified atom stereocenters. The lowest BCUT2D eigenvalue weighted by atomic mass is 9.81. The number of hydrogen-bond donors (Lipinski definition) is 2. The van der Waals surface area contributed by atoms with E-state index >= 15 is 0 Å². The number of carbonyl (C=O) groups is 1. The Morgan fingerprint density at radius 3 is 2.57 bits per heavy atom. The van der Waals surface area contributed by atoms with Crippen LogP contribution in [0.15, 0.2) is 0 Å². The molecule has 1 saturated carbocycles. The SMILES string of the molecule is CCCC(CC1CCCCC1)C(=O)NCC1CCCNC1. The number of carbonyl (C=O) groups excluding carboxylic acids is 1. The lowest BCUT2D eigenvalue weighted by Gasteiger charge is -2.27. The molecule has 2 N–H and O–H groups in total. The minimum Gasteiger partial charge on any atom is -0.356 e. The number of hydrogen-bond acceptors (Lipinski definition) is 2. The van der Waals surface area contributed by atoms with Gasteiger partial charge in [-0.05, 0) is 50.6 Å². The average molecular weight is 294 g/mol. The molecule has 0 radical (unpaired) electrons. The van der Waals surface area contributed by atoms with Crippen LogP contribution in [0.25, 0.3) is 0 Å². The van der Waals surface area contributed by atoms with Crippen LogP contribution < -0.4 is 10.6 Å². The standard InChI is InChI=1S/C18H34N2O/c1-2-7-17(12-15-8-4-3-5-9-15)18(21)20-14-16-10-6-11-19-13-16/h15-17,19H,2-14H2,1H3,(H,20,21). The molecular formula is C18H34N2O. The minimum atomic E-state index is 0.259. The average Bonchev–Trinajstić information content (AvgIpc) is 2.54. The minimum absolute atomic E-state index is 0.259. The van der Waals surface area contributed by atoms with Crippen molar-refractivity contribution in [2.24, 2.45) is 17.8 Å². The molecule has 1 saturated heterocycles. The molecular weight excluding hydrogens is 260 g/mol. The van der Waals surface area contributed by atoms with Crippen molar-refractivity contribution < 1.29 is 4.79 Å². The largest absolute Gasteiger partial charge is 0.356 e. The first-order valence-corrected chi connectivity index (χ1v) is 9.28. The lowest BCUT2D eigenvalue weighted by molar-refractivity contribution is -0.126. The molecule has 1 aliphatic carbocycles. The van der Waals surface area contributed by atoms with Gasteiger partial charge < -0.3 is 10.6 Å². The highest BCUT2D eigenvalue weighted by molar-refractivity contribution is 5.78. The number of rotatable bonds is 7. The van der Waals surface area contributed by atoms with Crippen LogP contribution in [0, 0.1) is 17.8 Å². The van der Waals surface area contributed by atoms with Gasteiger partial charge in [-0.2, -0.15) is 0 Å². The first kappa shape index (κ1) is 16.8. The molecule has 0 spiro atoms. The molecule has 122 valence electrons. The smallest absolute Gasteiger partial charge is 0.223 e. The quantitative estimate of drug-likeness (QED) is 0.754. The van der Waals surface area contributed by atoms with Crippen molar-refractivity contribution in [3.8, 4) is 0 Å². The van der Waals surface area contributed by atoms with Gasteiger partial charge in [0.15, 0.2) is 0 Å². The predicted octanol–water partition coefficient (Wildman–Crippen LogP) is 3.49. The monoisotopic (exact) mass is 294 g/mol. The molecule has 2 atom stereocenters. The van der Waals surface area contributed by atoms with E-state index in [-0.39, 0.29) is 5.92 Å². The Hall–Kier alpha value is -0.570. The Labute approximate surface area is 130 Å². The summed E-state index contributed by atoms with van der Waals surface area (Å²) in [5.74, 6) is 2.03. The van der Waals surface area contributed by atoms with Gasteiger partial charge in [0.1, 0.15) is 0 Å². The van der Waals surface area contributed by atoms with Gasteiger partial charge in [0.25, 0.3) is 0 Å². The Bertz CT molecular complexity index is 294. The van der Waals surface area contributed by atoms with Crippen LogP contribution in [0.1, 0.15) is 71.1 Å². The van der Waals surface area contributed by atoms with Crippen molar-refractivity contribution >= 4 is 5.91 Å². The fourth-order valence-electron chi connectivity index (χ4n) is 4.02. The highest BCUT2D eigenvalue weighted by atomic mass is 16.1. The maximum Gasteiger partial charge on any atom is 0.223 e. The molecule has 21 heavy (non-hydrogen) atoms. The Morgan fingerprint density at radius 1 is 1.14 bits per heavy atom. The van der Waals surface area contributed by atoms with Crippen molar-refractivity contribution in [1.82, 2.24) is 10.6 Å². The fraction of sp³-hybridized carbons (Fsp3) is 0.944. The highest BCUT2D eigenvalue weighted by Gasteiger charge is 2.24. The summed E-state index contributed by atoms with van der Waals surface area (Å²) in [7, 11) is 0. The normalized spacial score (nSPS) is 25.5. The molecule has 1 heterocycles. The van der Waals surface area contributed by atoms with Gasteiger partial charge in [-0.25, -0.2) is 0 Å². The third-order valence-corrected chi connectivity index (χ3v) is 5.31. The van der Waals surface area contributed by atoms with E-state index in [0.717, 1.165) is 44.8 Å². The predicted molar refractivity (Wildman–Crippen MR) is 88.2 cm³/mol. The van der Waals surface area contributed by atoms with Gasteiger partial charge >= 0.3 is 0 Å². The van der Waals surface area contributed by atoms with Crippen molar-refractivity contribution in [2.45, 2.75) is 71.1 Å². The summed E-state index contributed by atoms with van der Waals surface area (Å²) in [5, 5.41) is 6.68. The van der Waals surface area contributed by atoms with Gasteiger partial charge in [0.05, 0.1) is 0 Å². The third-order valence-electron chi connectivity index (χ3n) is 5.31. The molecule has 2 rings (SSSR count). The van der Waals surface area contributed by atoms with Gasteiger partial charge in [-0.15, -0.1) is 0 Å². The molecule has 0 aromatic heterocycles. The number of piperidine rings is 1. The fourth-order valence-corrected chi connectivity index (χ4v) is 4.02. The van der Waals surface area contributed by atoms with E-state index in [1.54, 1.807) is 0 Å². The highest BCUT2D eigenvalue weighted by Crippen LogP contribution is 2.30. The Morgan fingerprint density at radius 2 is 1.90 bits per heavy atom. The number of amides is 1. The van der Waals surface area contributed by atoms with Gasteiger partial charge in [0, 0.05) is 12.5 Å². The van der Waals surface area contributed by atoms with Crippen LogP contribution in [0.4, 0.5) is 0 Å². The molecule has 0 aromatic rings. The summed E-state index contributed by atoms with van der Waals surface area (Å²) in [6.45, 7) is 5.29. The second-order valence-corrected chi connectivity index (χ2v) is 7.18. The van der Waals surface area contributed by atoms with Crippen LogP contribution in [0.5, 0.6) is 0 Å². The van der Waals surface area contributed by atoms with E-state index in [0.29, 0.717) is 11.8 Å². The third kappa shape index (κ3) is 5.98. The topological polar surface area (TPSA) is 41.1 Å². The van der Waals surface area contributed by atoms with E-state index in [1.807, 2.05) is 0 Å². The van der Waals surface area contributed by atoms with Crippen LogP contribution in [-0.2, 0) is 4.79 Å². The van der Waals surface area contributed by atoms with Crippen LogP contribution in [0.3, 0.4) is 0 Å². The molecule has 0 aromatic carbocycles. The van der Waals surface area contributed by atoms with E-state index in [9.17, 15) is 4.79 Å². The van der Waals surface area contributed by atoms with Crippen molar-refractivity contribution in [1.29, 1.82) is 0 Å². The molecule has 1 amide bonds. The van der Waals surface area contributed by atoms with Gasteiger partial charge in [-0.1, -0.05) is 45.4 Å². The zero-order valence-electron chi connectivity index (χ0n) is 13.8. The van der Waals surface area contributed by atoms with Crippen LogP contribution in [0.2, 0.25) is 0 Å². The Balaban J connectivity index is 1.74. The van der Waals surface area contributed by atoms with Crippen molar-refractivity contribution in [3.05, 3.63) is 0 Å². The molecule has 3 heteroatoms. The second kappa shape index (κ2) is 9.45. The summed E-state index contributed by atoms with van der Waals surface area (Å²) in [5.41, 5.74) is 0. The second-order valence-electron chi connectivity index (χ2n) is 7.18. The first-order chi connectivity index (χ1) is 10.3. The summed E-state index contributed by atoms with van der Waals surface area (Å²) >= 11 is 0.